The van der Waals surface area contributed by atoms with Crippen molar-refractivity contribution in [2.24, 2.45) is 5.92 Å². The predicted molar refractivity (Wildman–Crippen MR) is 128 cm³/mol. The van der Waals surface area contributed by atoms with Gasteiger partial charge in [-0.25, -0.2) is 0 Å². The maximum Gasteiger partial charge on any atom is 0.275 e. The first kappa shape index (κ1) is 22.5. The molecule has 32 heavy (non-hydrogen) atoms. The van der Waals surface area contributed by atoms with Gasteiger partial charge in [-0.15, -0.1) is 10.2 Å². The summed E-state index contributed by atoms with van der Waals surface area (Å²) in [6.07, 6.45) is 4.50. The third-order valence-electron chi connectivity index (χ3n) is 5.90. The van der Waals surface area contributed by atoms with Crippen LogP contribution >= 0.6 is 15.9 Å². The van der Waals surface area contributed by atoms with E-state index < -0.39 is 0 Å². The third kappa shape index (κ3) is 5.37. The first-order valence-corrected chi connectivity index (χ1v) is 11.6. The minimum absolute atomic E-state index is 0.232. The fourth-order valence-corrected chi connectivity index (χ4v) is 4.45. The smallest absolute Gasteiger partial charge is 0.275 e. The number of rotatable bonds is 6. The summed E-state index contributed by atoms with van der Waals surface area (Å²) in [4.78, 5) is 17.2. The number of piperazine rings is 1. The molecule has 2 aromatic rings. The molecule has 0 radical (unpaired) electrons. The summed E-state index contributed by atoms with van der Waals surface area (Å²) in [5, 5.41) is 11.4. The molecule has 1 aromatic heterocycles. The van der Waals surface area contributed by atoms with Crippen LogP contribution in [0.15, 0.2) is 64.5 Å². The van der Waals surface area contributed by atoms with Gasteiger partial charge in [0, 0.05) is 48.8 Å². The van der Waals surface area contributed by atoms with E-state index in [0.29, 0.717) is 5.69 Å². The monoisotopic (exact) mass is 497 g/mol. The van der Waals surface area contributed by atoms with Crippen LogP contribution in [-0.2, 0) is 11.3 Å². The van der Waals surface area contributed by atoms with E-state index in [0.717, 1.165) is 60.9 Å². The Morgan fingerprint density at radius 2 is 1.91 bits per heavy atom. The molecule has 0 saturated carbocycles. The zero-order valence-electron chi connectivity index (χ0n) is 18.4. The van der Waals surface area contributed by atoms with Crippen LogP contribution in [0.5, 0.6) is 0 Å². The SMILES string of the molecule is COC1=CC=C(NC(=O)c2ccc(N3CCN(Cc4ccccc4Br)CC3)nn2)CC1C. The van der Waals surface area contributed by atoms with Gasteiger partial charge in [-0.1, -0.05) is 41.1 Å². The predicted octanol–water partition coefficient (Wildman–Crippen LogP) is 3.75. The first-order chi connectivity index (χ1) is 15.5. The van der Waals surface area contributed by atoms with Crippen molar-refractivity contribution >= 4 is 27.7 Å². The Bertz CT molecular complexity index is 1010. The van der Waals surface area contributed by atoms with Crippen LogP contribution in [0, 0.1) is 5.92 Å². The number of amides is 1. The van der Waals surface area contributed by atoms with Crippen molar-refractivity contribution in [1.82, 2.24) is 20.4 Å². The second-order valence-corrected chi connectivity index (χ2v) is 9.01. The molecule has 1 atom stereocenters. The second-order valence-electron chi connectivity index (χ2n) is 8.16. The number of nitrogens with zero attached hydrogens (tertiary/aromatic N) is 4. The Morgan fingerprint density at radius 1 is 1.12 bits per heavy atom. The molecule has 1 N–H and O–H groups in total. The summed E-state index contributed by atoms with van der Waals surface area (Å²) in [5.41, 5.74) is 2.47. The van der Waals surface area contributed by atoms with E-state index in [1.165, 1.54) is 5.56 Å². The number of anilines is 1. The third-order valence-corrected chi connectivity index (χ3v) is 6.68. The average molecular weight is 498 g/mol. The van der Waals surface area contributed by atoms with Crippen LogP contribution in [0.4, 0.5) is 5.82 Å². The number of carbonyl (C=O) groups excluding carboxylic acids is 1. The molecule has 7 nitrogen and oxygen atoms in total. The van der Waals surface area contributed by atoms with Crippen molar-refractivity contribution in [1.29, 1.82) is 0 Å². The van der Waals surface area contributed by atoms with Crippen molar-refractivity contribution in [2.75, 3.05) is 38.2 Å². The highest BCUT2D eigenvalue weighted by Gasteiger charge is 2.21. The fraction of sp³-hybridized carbons (Fsp3) is 0.375. The molecule has 1 saturated heterocycles. The summed E-state index contributed by atoms with van der Waals surface area (Å²) in [5.74, 6) is 1.72. The summed E-state index contributed by atoms with van der Waals surface area (Å²) in [6.45, 7) is 6.66. The van der Waals surface area contributed by atoms with E-state index in [9.17, 15) is 4.79 Å². The molecule has 2 aliphatic rings. The number of benzene rings is 1. The molecule has 1 amide bonds. The van der Waals surface area contributed by atoms with Crippen LogP contribution in [0.2, 0.25) is 0 Å². The lowest BCUT2D eigenvalue weighted by atomic mass is 9.98. The second kappa shape index (κ2) is 10.3. The number of hydrogen-bond donors (Lipinski definition) is 1. The van der Waals surface area contributed by atoms with Gasteiger partial charge in [-0.3, -0.25) is 9.69 Å². The molecule has 1 fully saturated rings. The van der Waals surface area contributed by atoms with Gasteiger partial charge in [0.2, 0.25) is 0 Å². The largest absolute Gasteiger partial charge is 0.501 e. The first-order valence-electron chi connectivity index (χ1n) is 10.8. The number of ether oxygens (including phenoxy) is 1. The standard InChI is InChI=1S/C24H28BrN5O2/c1-17-15-19(7-9-22(17)32-2)26-24(31)21-8-10-23(28-27-21)30-13-11-29(12-14-30)16-18-5-3-4-6-20(18)25/h3-10,17H,11-16H2,1-2H3,(H,26,31). The Labute approximate surface area is 197 Å². The van der Waals surface area contributed by atoms with Crippen LogP contribution in [0.25, 0.3) is 0 Å². The molecule has 168 valence electrons. The quantitative estimate of drug-likeness (QED) is 0.655. The molecule has 0 bridgehead atoms. The number of methoxy groups -OCH3 is 1. The van der Waals surface area contributed by atoms with Crippen LogP contribution < -0.4 is 10.2 Å². The van der Waals surface area contributed by atoms with Crippen molar-refractivity contribution < 1.29 is 9.53 Å². The highest BCUT2D eigenvalue weighted by Crippen LogP contribution is 2.24. The summed E-state index contributed by atoms with van der Waals surface area (Å²) in [7, 11) is 1.67. The Kier molecular flexibility index (Phi) is 7.22. The van der Waals surface area contributed by atoms with Crippen molar-refractivity contribution in [3.63, 3.8) is 0 Å². The van der Waals surface area contributed by atoms with E-state index >= 15 is 0 Å². The van der Waals surface area contributed by atoms with Gasteiger partial charge in [0.05, 0.1) is 12.9 Å². The fourth-order valence-electron chi connectivity index (χ4n) is 4.03. The van der Waals surface area contributed by atoms with Gasteiger partial charge in [0.1, 0.15) is 0 Å². The molecule has 0 spiro atoms. The highest BCUT2D eigenvalue weighted by molar-refractivity contribution is 9.10. The van der Waals surface area contributed by atoms with E-state index in [4.69, 9.17) is 4.74 Å². The molecule has 1 aliphatic carbocycles. The van der Waals surface area contributed by atoms with Gasteiger partial charge < -0.3 is 15.0 Å². The molecule has 1 aromatic carbocycles. The van der Waals surface area contributed by atoms with Crippen LogP contribution in [0.1, 0.15) is 29.4 Å². The molecular formula is C24H28BrN5O2. The van der Waals surface area contributed by atoms with E-state index in [1.54, 1.807) is 13.2 Å². The van der Waals surface area contributed by atoms with Crippen LogP contribution in [0.3, 0.4) is 0 Å². The van der Waals surface area contributed by atoms with Crippen LogP contribution in [-0.4, -0.2) is 54.3 Å². The Hall–Kier alpha value is -2.71. The van der Waals surface area contributed by atoms with Gasteiger partial charge >= 0.3 is 0 Å². The van der Waals surface area contributed by atoms with E-state index in [2.05, 4.69) is 66.4 Å². The zero-order chi connectivity index (χ0) is 22.5. The molecule has 1 aliphatic heterocycles. The minimum Gasteiger partial charge on any atom is -0.501 e. The van der Waals surface area contributed by atoms with Gasteiger partial charge in [0.15, 0.2) is 11.5 Å². The lowest BCUT2D eigenvalue weighted by Gasteiger charge is -2.35. The van der Waals surface area contributed by atoms with Crippen molar-refractivity contribution in [3.05, 3.63) is 75.7 Å². The van der Waals surface area contributed by atoms with Gasteiger partial charge in [0.25, 0.3) is 5.91 Å². The number of allylic oxidation sites excluding steroid dienone is 4. The summed E-state index contributed by atoms with van der Waals surface area (Å²) in [6, 6.07) is 12.0. The molecule has 2 heterocycles. The average Bonchev–Trinajstić information content (AvgIpc) is 2.81. The Morgan fingerprint density at radius 3 is 2.56 bits per heavy atom. The lowest BCUT2D eigenvalue weighted by molar-refractivity contribution is 0.0957. The molecule has 4 rings (SSSR count). The van der Waals surface area contributed by atoms with Gasteiger partial charge in [-0.2, -0.15) is 0 Å². The number of carbonyl (C=O) groups is 1. The van der Waals surface area contributed by atoms with Crippen molar-refractivity contribution in [3.8, 4) is 0 Å². The number of aromatic nitrogens is 2. The normalized spacial score (nSPS) is 19.2. The molecule has 8 heteroatoms. The van der Waals surface area contributed by atoms with Crippen molar-refractivity contribution in [2.45, 2.75) is 19.9 Å². The molecular weight excluding hydrogens is 470 g/mol. The number of halogens is 1. The maximum atomic E-state index is 12.6. The lowest BCUT2D eigenvalue weighted by Crippen LogP contribution is -2.46. The Balaban J connectivity index is 1.30. The highest BCUT2D eigenvalue weighted by atomic mass is 79.9. The van der Waals surface area contributed by atoms with Gasteiger partial charge in [-0.05, 0) is 42.3 Å². The maximum absolute atomic E-state index is 12.6. The summed E-state index contributed by atoms with van der Waals surface area (Å²) >= 11 is 3.63. The number of nitrogens with one attached hydrogen (secondary N) is 1. The summed E-state index contributed by atoms with van der Waals surface area (Å²) < 4.78 is 6.47. The molecule has 1 unspecified atom stereocenters. The zero-order valence-corrected chi connectivity index (χ0v) is 20.0. The number of hydrogen-bond acceptors (Lipinski definition) is 6. The van der Waals surface area contributed by atoms with E-state index in [-0.39, 0.29) is 11.8 Å². The minimum atomic E-state index is -0.241. The topological polar surface area (TPSA) is 70.6 Å². The van der Waals surface area contributed by atoms with E-state index in [1.807, 2.05) is 24.3 Å².